The Balaban J connectivity index is 2.30. The molecule has 0 aliphatic rings. The highest BCUT2D eigenvalue weighted by atomic mass is 79.9. The summed E-state index contributed by atoms with van der Waals surface area (Å²) in [6, 6.07) is 12.8. The molecule has 21 heavy (non-hydrogen) atoms. The van der Waals surface area contributed by atoms with Crippen LogP contribution in [-0.2, 0) is 6.42 Å². The van der Waals surface area contributed by atoms with Crippen molar-refractivity contribution in [3.63, 3.8) is 0 Å². The third-order valence-corrected chi connectivity index (χ3v) is 4.29. The van der Waals surface area contributed by atoms with Crippen molar-refractivity contribution in [2.75, 3.05) is 20.7 Å². The van der Waals surface area contributed by atoms with Crippen LogP contribution in [0.2, 0.25) is 0 Å². The number of hydrogen-bond donors (Lipinski definition) is 1. The van der Waals surface area contributed by atoms with E-state index in [1.165, 1.54) is 6.07 Å². The molecule has 0 saturated carbocycles. The van der Waals surface area contributed by atoms with Crippen molar-refractivity contribution in [2.45, 2.75) is 12.3 Å². The second-order valence-corrected chi connectivity index (χ2v) is 5.79. The zero-order valence-electron chi connectivity index (χ0n) is 12.2. The van der Waals surface area contributed by atoms with Gasteiger partial charge in [0.05, 0.1) is 7.11 Å². The number of halogens is 2. The molecular weight excluding hydrogens is 333 g/mol. The van der Waals surface area contributed by atoms with E-state index in [9.17, 15) is 4.39 Å². The average Bonchev–Trinajstić information content (AvgIpc) is 2.49. The molecule has 0 spiro atoms. The lowest BCUT2D eigenvalue weighted by Gasteiger charge is -2.19. The van der Waals surface area contributed by atoms with Crippen molar-refractivity contribution >= 4 is 15.9 Å². The Bertz CT molecular complexity index is 603. The number of benzene rings is 2. The largest absolute Gasteiger partial charge is 0.497 e. The van der Waals surface area contributed by atoms with Crippen LogP contribution >= 0.6 is 15.9 Å². The van der Waals surface area contributed by atoms with Crippen LogP contribution in [0.1, 0.15) is 17.0 Å². The van der Waals surface area contributed by atoms with E-state index in [2.05, 4.69) is 21.2 Å². The van der Waals surface area contributed by atoms with Crippen molar-refractivity contribution in [1.29, 1.82) is 0 Å². The molecule has 1 atom stereocenters. The van der Waals surface area contributed by atoms with Crippen LogP contribution in [0.15, 0.2) is 46.9 Å². The Morgan fingerprint density at radius 1 is 1.24 bits per heavy atom. The molecule has 1 N–H and O–H groups in total. The first-order valence-electron chi connectivity index (χ1n) is 6.87. The molecule has 4 heteroatoms. The van der Waals surface area contributed by atoms with Gasteiger partial charge in [-0.1, -0.05) is 34.1 Å². The highest BCUT2D eigenvalue weighted by Crippen LogP contribution is 2.29. The van der Waals surface area contributed by atoms with Crippen molar-refractivity contribution in [1.82, 2.24) is 5.32 Å². The first-order chi connectivity index (χ1) is 10.2. The molecule has 0 aliphatic heterocycles. The molecule has 0 amide bonds. The smallest absolute Gasteiger partial charge is 0.126 e. The van der Waals surface area contributed by atoms with E-state index in [0.29, 0.717) is 6.54 Å². The molecule has 0 radical (unpaired) electrons. The minimum absolute atomic E-state index is 0.0691. The third-order valence-electron chi connectivity index (χ3n) is 3.51. The Kier molecular flexibility index (Phi) is 5.76. The topological polar surface area (TPSA) is 21.3 Å². The highest BCUT2D eigenvalue weighted by molar-refractivity contribution is 9.10. The van der Waals surface area contributed by atoms with Crippen LogP contribution in [0.3, 0.4) is 0 Å². The summed E-state index contributed by atoms with van der Waals surface area (Å²) >= 11 is 3.56. The fourth-order valence-corrected chi connectivity index (χ4v) is 2.85. The van der Waals surface area contributed by atoms with Gasteiger partial charge in [0, 0.05) is 16.9 Å². The number of rotatable bonds is 6. The summed E-state index contributed by atoms with van der Waals surface area (Å²) in [5, 5.41) is 3.15. The van der Waals surface area contributed by atoms with E-state index < -0.39 is 0 Å². The van der Waals surface area contributed by atoms with Gasteiger partial charge in [-0.25, -0.2) is 4.39 Å². The predicted octanol–water partition coefficient (Wildman–Crippen LogP) is 4.14. The predicted molar refractivity (Wildman–Crippen MR) is 87.5 cm³/mol. The minimum atomic E-state index is -0.156. The van der Waals surface area contributed by atoms with Crippen LogP contribution in [-0.4, -0.2) is 20.7 Å². The quantitative estimate of drug-likeness (QED) is 0.844. The molecule has 0 aliphatic carbocycles. The van der Waals surface area contributed by atoms with Gasteiger partial charge in [0.25, 0.3) is 0 Å². The van der Waals surface area contributed by atoms with Gasteiger partial charge in [0.15, 0.2) is 0 Å². The first-order valence-corrected chi connectivity index (χ1v) is 7.66. The van der Waals surface area contributed by atoms with Gasteiger partial charge in [-0.2, -0.15) is 0 Å². The lowest BCUT2D eigenvalue weighted by Crippen LogP contribution is -2.20. The number of nitrogens with one attached hydrogen (secondary N) is 1. The fraction of sp³-hybridized carbons (Fsp3) is 0.294. The van der Waals surface area contributed by atoms with Crippen LogP contribution in [0.4, 0.5) is 4.39 Å². The van der Waals surface area contributed by atoms with Gasteiger partial charge in [0.1, 0.15) is 11.6 Å². The summed E-state index contributed by atoms with van der Waals surface area (Å²) in [5.41, 5.74) is 1.85. The molecule has 0 aromatic heterocycles. The number of hydrogen-bond acceptors (Lipinski definition) is 2. The van der Waals surface area contributed by atoms with Crippen LogP contribution in [0.25, 0.3) is 0 Å². The van der Waals surface area contributed by atoms with Crippen LogP contribution in [0.5, 0.6) is 5.75 Å². The van der Waals surface area contributed by atoms with Gasteiger partial charge in [-0.15, -0.1) is 0 Å². The third kappa shape index (κ3) is 4.05. The molecule has 0 heterocycles. The highest BCUT2D eigenvalue weighted by Gasteiger charge is 2.17. The van der Waals surface area contributed by atoms with Crippen molar-refractivity contribution in [3.8, 4) is 5.75 Å². The summed E-state index contributed by atoms with van der Waals surface area (Å²) in [5.74, 6) is 0.723. The normalized spacial score (nSPS) is 12.2. The Morgan fingerprint density at radius 3 is 2.67 bits per heavy atom. The molecule has 2 rings (SSSR count). The Hall–Kier alpha value is -1.39. The van der Waals surface area contributed by atoms with Crippen LogP contribution in [0, 0.1) is 5.82 Å². The maximum absolute atomic E-state index is 14.0. The standard InChI is InChI=1S/C17H19BrFNO/c1-20-11-13(15-5-3-4-6-17(15)19)9-12-10-14(21-2)7-8-16(12)18/h3-8,10,13,20H,9,11H2,1-2H3. The zero-order valence-corrected chi connectivity index (χ0v) is 13.8. The Morgan fingerprint density at radius 2 is 2.00 bits per heavy atom. The fourth-order valence-electron chi connectivity index (χ4n) is 2.44. The number of likely N-dealkylation sites (N-methyl/N-ethyl adjacent to an activating group) is 1. The molecule has 2 aromatic rings. The number of ether oxygens (including phenoxy) is 1. The average molecular weight is 352 g/mol. The second kappa shape index (κ2) is 7.57. The first kappa shape index (κ1) is 16.0. The maximum Gasteiger partial charge on any atom is 0.126 e. The molecule has 0 bridgehead atoms. The summed E-state index contributed by atoms with van der Waals surface area (Å²) < 4.78 is 20.3. The summed E-state index contributed by atoms with van der Waals surface area (Å²) in [6.07, 6.45) is 0.736. The van der Waals surface area contributed by atoms with E-state index >= 15 is 0 Å². The summed E-state index contributed by atoms with van der Waals surface area (Å²) in [4.78, 5) is 0. The molecule has 2 aromatic carbocycles. The van der Waals surface area contributed by atoms with Crippen molar-refractivity contribution in [3.05, 3.63) is 63.9 Å². The molecule has 0 fully saturated rings. The van der Waals surface area contributed by atoms with E-state index in [4.69, 9.17) is 4.74 Å². The van der Waals surface area contributed by atoms with Gasteiger partial charge in [-0.3, -0.25) is 0 Å². The Labute approximate surface area is 133 Å². The molecule has 1 unspecified atom stereocenters. The number of methoxy groups -OCH3 is 1. The van der Waals surface area contributed by atoms with Gasteiger partial charge >= 0.3 is 0 Å². The molecule has 2 nitrogen and oxygen atoms in total. The molecule has 0 saturated heterocycles. The summed E-state index contributed by atoms with van der Waals surface area (Å²) in [6.45, 7) is 0.713. The molecular formula is C17H19BrFNO. The SMILES string of the molecule is CNCC(Cc1cc(OC)ccc1Br)c1ccccc1F. The van der Waals surface area contributed by atoms with Gasteiger partial charge < -0.3 is 10.1 Å². The maximum atomic E-state index is 14.0. The monoisotopic (exact) mass is 351 g/mol. The van der Waals surface area contributed by atoms with Crippen molar-refractivity contribution in [2.24, 2.45) is 0 Å². The van der Waals surface area contributed by atoms with E-state index in [-0.39, 0.29) is 11.7 Å². The summed E-state index contributed by atoms with van der Waals surface area (Å²) in [7, 11) is 3.53. The van der Waals surface area contributed by atoms with E-state index in [0.717, 1.165) is 27.8 Å². The van der Waals surface area contributed by atoms with Crippen LogP contribution < -0.4 is 10.1 Å². The van der Waals surface area contributed by atoms with Crippen molar-refractivity contribution < 1.29 is 9.13 Å². The molecule has 112 valence electrons. The van der Waals surface area contributed by atoms with E-state index in [1.807, 2.05) is 37.4 Å². The lowest BCUT2D eigenvalue weighted by atomic mass is 9.91. The van der Waals surface area contributed by atoms with Gasteiger partial charge in [-0.05, 0) is 48.9 Å². The second-order valence-electron chi connectivity index (χ2n) is 4.94. The van der Waals surface area contributed by atoms with E-state index in [1.54, 1.807) is 13.2 Å². The van der Waals surface area contributed by atoms with Gasteiger partial charge in [0.2, 0.25) is 0 Å². The minimum Gasteiger partial charge on any atom is -0.497 e. The zero-order chi connectivity index (χ0) is 15.2. The lowest BCUT2D eigenvalue weighted by molar-refractivity contribution is 0.414.